The molecule has 6 rings (SSSR count). The molecular formula is C36H43FN2O3. The number of alkyl halides is 1. The second-order valence-electron chi connectivity index (χ2n) is 12.3. The monoisotopic (exact) mass is 570 g/mol. The van der Waals surface area contributed by atoms with E-state index in [2.05, 4.69) is 53.4 Å². The number of hydrogen-bond acceptors (Lipinski definition) is 4. The molecule has 3 aromatic carbocycles. The van der Waals surface area contributed by atoms with Crippen molar-refractivity contribution < 1.29 is 19.0 Å². The molecule has 0 unspecified atom stereocenters. The van der Waals surface area contributed by atoms with Crippen molar-refractivity contribution in [3.05, 3.63) is 102 Å². The Morgan fingerprint density at radius 3 is 2.33 bits per heavy atom. The fourth-order valence-corrected chi connectivity index (χ4v) is 7.95. The van der Waals surface area contributed by atoms with Crippen molar-refractivity contribution in [2.45, 2.75) is 56.2 Å². The lowest BCUT2D eigenvalue weighted by Crippen LogP contribution is -2.47. The van der Waals surface area contributed by atoms with Gasteiger partial charge in [-0.05, 0) is 61.8 Å². The van der Waals surface area contributed by atoms with Crippen LogP contribution in [0.4, 0.5) is 4.39 Å². The van der Waals surface area contributed by atoms with E-state index in [0.29, 0.717) is 26.1 Å². The Hall–Kier alpha value is -3.22. The average Bonchev–Trinajstić information content (AvgIpc) is 3.70. The number of ether oxygens (including phenoxy) is 1. The van der Waals surface area contributed by atoms with Crippen LogP contribution in [0.15, 0.2) is 84.9 Å². The minimum absolute atomic E-state index is 0.00910. The average molecular weight is 571 g/mol. The highest BCUT2D eigenvalue weighted by molar-refractivity contribution is 5.80. The van der Waals surface area contributed by atoms with Crippen molar-refractivity contribution in [1.29, 1.82) is 0 Å². The lowest BCUT2D eigenvalue weighted by Gasteiger charge is -2.47. The number of para-hydroxylation sites is 1. The SMILES string of the molecule is O=C(Cc1ccccc1OCCCN1CCC[C@H]1CO)N1C[C@@H]2[C@H](F)CCC(c3ccccc3)(c3ccccc3)[C@@H]2C1. The van der Waals surface area contributed by atoms with Gasteiger partial charge in [0, 0.05) is 42.6 Å². The number of rotatable bonds is 10. The van der Waals surface area contributed by atoms with Gasteiger partial charge in [-0.25, -0.2) is 4.39 Å². The van der Waals surface area contributed by atoms with Gasteiger partial charge in [0.1, 0.15) is 11.9 Å². The Kier molecular flexibility index (Phi) is 8.92. The summed E-state index contributed by atoms with van der Waals surface area (Å²) in [5.41, 5.74) is 2.98. The molecule has 0 aromatic heterocycles. The second-order valence-corrected chi connectivity index (χ2v) is 12.3. The Balaban J connectivity index is 1.16. The second kappa shape index (κ2) is 13.0. The summed E-state index contributed by atoms with van der Waals surface area (Å²) in [5, 5.41) is 9.58. The molecule has 3 aromatic rings. The van der Waals surface area contributed by atoms with E-state index in [1.807, 2.05) is 41.3 Å². The summed E-state index contributed by atoms with van der Waals surface area (Å²) in [5.74, 6) is 0.595. The summed E-state index contributed by atoms with van der Waals surface area (Å²) in [6.07, 6.45) is 3.63. The zero-order valence-corrected chi connectivity index (χ0v) is 24.4. The molecule has 3 fully saturated rings. The normalized spacial score (nSPS) is 25.3. The molecule has 6 heteroatoms. The minimum atomic E-state index is -0.912. The Morgan fingerprint density at radius 1 is 0.929 bits per heavy atom. The number of hydrogen-bond donors (Lipinski definition) is 1. The van der Waals surface area contributed by atoms with Crippen molar-refractivity contribution >= 4 is 5.91 Å². The summed E-state index contributed by atoms with van der Waals surface area (Å²) in [6.45, 7) is 3.72. The van der Waals surface area contributed by atoms with Gasteiger partial charge in [-0.1, -0.05) is 78.9 Å². The Morgan fingerprint density at radius 2 is 1.62 bits per heavy atom. The van der Waals surface area contributed by atoms with Gasteiger partial charge < -0.3 is 14.7 Å². The number of amides is 1. The van der Waals surface area contributed by atoms with Gasteiger partial charge >= 0.3 is 0 Å². The third kappa shape index (κ3) is 5.71. The third-order valence-electron chi connectivity index (χ3n) is 10.1. The smallest absolute Gasteiger partial charge is 0.227 e. The first-order valence-electron chi connectivity index (χ1n) is 15.7. The van der Waals surface area contributed by atoms with Crippen molar-refractivity contribution in [2.24, 2.45) is 11.8 Å². The number of benzene rings is 3. The van der Waals surface area contributed by atoms with Crippen LogP contribution in [0.5, 0.6) is 5.75 Å². The zero-order valence-electron chi connectivity index (χ0n) is 24.4. The van der Waals surface area contributed by atoms with E-state index < -0.39 is 6.17 Å². The quantitative estimate of drug-likeness (QED) is 0.320. The van der Waals surface area contributed by atoms with Gasteiger partial charge in [0.25, 0.3) is 0 Å². The standard InChI is InChI=1S/C36H43FN2O3/c37-33-18-19-36(28-12-3-1-4-13-28,29-14-5-2-6-15-29)32-25-39(24-31(32)33)35(41)23-27-11-7-8-17-34(27)42-22-10-21-38-20-9-16-30(38)26-40/h1-8,11-15,17,30-33,40H,9-10,16,18-26H2/t30-,31-,32+,33+/m0/s1. The molecule has 0 spiro atoms. The summed E-state index contributed by atoms with van der Waals surface area (Å²) < 4.78 is 21.8. The minimum Gasteiger partial charge on any atom is -0.493 e. The first kappa shape index (κ1) is 28.9. The van der Waals surface area contributed by atoms with E-state index >= 15 is 4.39 Å². The third-order valence-corrected chi connectivity index (χ3v) is 10.1. The number of nitrogens with zero attached hydrogens (tertiary/aromatic N) is 2. The summed E-state index contributed by atoms with van der Waals surface area (Å²) >= 11 is 0. The molecule has 0 bridgehead atoms. The van der Waals surface area contributed by atoms with Crippen molar-refractivity contribution in [3.8, 4) is 5.75 Å². The van der Waals surface area contributed by atoms with Gasteiger partial charge in [0.15, 0.2) is 0 Å². The first-order chi connectivity index (χ1) is 20.6. The van der Waals surface area contributed by atoms with E-state index in [0.717, 1.165) is 50.1 Å². The van der Waals surface area contributed by atoms with Crippen LogP contribution in [0, 0.1) is 11.8 Å². The summed E-state index contributed by atoms with van der Waals surface area (Å²) in [7, 11) is 0. The van der Waals surface area contributed by atoms with Crippen LogP contribution in [0.3, 0.4) is 0 Å². The number of likely N-dealkylation sites (tertiary alicyclic amines) is 2. The van der Waals surface area contributed by atoms with Gasteiger partial charge in [0.2, 0.25) is 5.91 Å². The largest absolute Gasteiger partial charge is 0.493 e. The molecule has 1 saturated carbocycles. The maximum absolute atomic E-state index is 15.6. The number of aliphatic hydroxyl groups is 1. The van der Waals surface area contributed by atoms with Crippen LogP contribution < -0.4 is 4.74 Å². The molecule has 2 saturated heterocycles. The lowest BCUT2D eigenvalue weighted by molar-refractivity contribution is -0.129. The van der Waals surface area contributed by atoms with Crippen LogP contribution in [-0.2, 0) is 16.6 Å². The summed E-state index contributed by atoms with van der Waals surface area (Å²) in [4.78, 5) is 18.0. The number of aliphatic hydroxyl groups excluding tert-OH is 1. The highest BCUT2D eigenvalue weighted by Crippen LogP contribution is 2.54. The maximum Gasteiger partial charge on any atom is 0.227 e. The molecule has 5 nitrogen and oxygen atoms in total. The number of carbonyl (C=O) groups is 1. The number of carbonyl (C=O) groups excluding carboxylic acids is 1. The van der Waals surface area contributed by atoms with E-state index in [1.165, 1.54) is 11.1 Å². The van der Waals surface area contributed by atoms with E-state index in [1.54, 1.807) is 0 Å². The van der Waals surface area contributed by atoms with E-state index in [-0.39, 0.29) is 42.2 Å². The lowest BCUT2D eigenvalue weighted by atomic mass is 9.56. The highest BCUT2D eigenvalue weighted by Gasteiger charge is 2.55. The van der Waals surface area contributed by atoms with Gasteiger partial charge in [-0.2, -0.15) is 0 Å². The zero-order chi connectivity index (χ0) is 28.9. The molecule has 2 heterocycles. The molecule has 1 aliphatic carbocycles. The molecule has 3 aliphatic rings. The van der Waals surface area contributed by atoms with Crippen LogP contribution in [0.25, 0.3) is 0 Å². The van der Waals surface area contributed by atoms with E-state index in [4.69, 9.17) is 4.74 Å². The molecule has 2 aliphatic heterocycles. The van der Waals surface area contributed by atoms with Crippen LogP contribution in [0.1, 0.15) is 48.8 Å². The van der Waals surface area contributed by atoms with Crippen molar-refractivity contribution in [3.63, 3.8) is 0 Å². The van der Waals surface area contributed by atoms with E-state index in [9.17, 15) is 9.90 Å². The predicted octanol–water partition coefficient (Wildman–Crippen LogP) is 5.65. The first-order valence-corrected chi connectivity index (χ1v) is 15.7. The maximum atomic E-state index is 15.6. The number of fused-ring (bicyclic) bond motifs is 1. The topological polar surface area (TPSA) is 53.0 Å². The fraction of sp³-hybridized carbons (Fsp3) is 0.472. The van der Waals surface area contributed by atoms with Gasteiger partial charge in [0.05, 0.1) is 19.6 Å². The van der Waals surface area contributed by atoms with Crippen molar-refractivity contribution in [1.82, 2.24) is 9.80 Å². The Labute approximate surface area is 249 Å². The molecule has 0 radical (unpaired) electrons. The van der Waals surface area contributed by atoms with Crippen molar-refractivity contribution in [2.75, 3.05) is 39.4 Å². The molecule has 4 atom stereocenters. The van der Waals surface area contributed by atoms with Gasteiger partial charge in [-0.3, -0.25) is 9.69 Å². The molecule has 222 valence electrons. The molecule has 1 N–H and O–H groups in total. The van der Waals surface area contributed by atoms with Crippen LogP contribution in [-0.4, -0.2) is 72.4 Å². The van der Waals surface area contributed by atoms with Crippen LogP contribution in [0.2, 0.25) is 0 Å². The molecular weight excluding hydrogens is 527 g/mol. The fourth-order valence-electron chi connectivity index (χ4n) is 7.95. The molecule has 42 heavy (non-hydrogen) atoms. The molecule has 1 amide bonds. The van der Waals surface area contributed by atoms with Gasteiger partial charge in [-0.15, -0.1) is 0 Å². The van der Waals surface area contributed by atoms with Crippen LogP contribution >= 0.6 is 0 Å². The summed E-state index contributed by atoms with van der Waals surface area (Å²) in [6, 6.07) is 29.1. The number of halogens is 1. The predicted molar refractivity (Wildman–Crippen MR) is 163 cm³/mol. The highest BCUT2D eigenvalue weighted by atomic mass is 19.1. The Bertz CT molecular complexity index is 1280.